The molecule has 0 spiro atoms. The van der Waals surface area contributed by atoms with E-state index in [4.69, 9.17) is 9.47 Å². The van der Waals surface area contributed by atoms with E-state index in [9.17, 15) is 4.39 Å². The van der Waals surface area contributed by atoms with Gasteiger partial charge in [0.15, 0.2) is 5.67 Å². The largest absolute Gasteiger partial charge is 0.490 e. The lowest BCUT2D eigenvalue weighted by Crippen LogP contribution is -2.50. The molecular weight excluding hydrogens is 251 g/mol. The Balaban J connectivity index is 1.88. The molecule has 0 saturated carbocycles. The second-order valence-electron chi connectivity index (χ2n) is 3.39. The van der Waals surface area contributed by atoms with Crippen LogP contribution < -0.4 is 4.74 Å². The minimum Gasteiger partial charge on any atom is -0.490 e. The van der Waals surface area contributed by atoms with Gasteiger partial charge in [-0.1, -0.05) is 15.9 Å². The zero-order valence-corrected chi connectivity index (χ0v) is 9.09. The maximum absolute atomic E-state index is 13.4. The third kappa shape index (κ3) is 2.25. The molecule has 14 heavy (non-hydrogen) atoms. The Bertz CT molecular complexity index is 308. The molecule has 1 aromatic carbocycles. The highest BCUT2D eigenvalue weighted by molar-refractivity contribution is 9.10. The Hall–Kier alpha value is -0.610. The molecule has 0 bridgehead atoms. The first-order chi connectivity index (χ1) is 6.68. The Morgan fingerprint density at radius 1 is 1.36 bits per heavy atom. The summed E-state index contributed by atoms with van der Waals surface area (Å²) in [6.45, 7) is 0.349. The monoisotopic (exact) mass is 260 g/mol. The van der Waals surface area contributed by atoms with Crippen molar-refractivity contribution < 1.29 is 13.9 Å². The maximum atomic E-state index is 13.4. The van der Waals surface area contributed by atoms with Crippen LogP contribution in [0.1, 0.15) is 0 Å². The average Bonchev–Trinajstić information content (AvgIpc) is 2.14. The predicted molar refractivity (Wildman–Crippen MR) is 54.3 cm³/mol. The van der Waals surface area contributed by atoms with E-state index in [1.807, 2.05) is 12.1 Å². The van der Waals surface area contributed by atoms with Crippen molar-refractivity contribution >= 4 is 15.9 Å². The fourth-order valence-electron chi connectivity index (χ4n) is 1.15. The topological polar surface area (TPSA) is 18.5 Å². The highest BCUT2D eigenvalue weighted by atomic mass is 79.9. The molecule has 1 aromatic rings. The summed E-state index contributed by atoms with van der Waals surface area (Å²) in [7, 11) is 0. The van der Waals surface area contributed by atoms with E-state index >= 15 is 0 Å². The van der Waals surface area contributed by atoms with Crippen LogP contribution in [0.25, 0.3) is 0 Å². The molecule has 0 radical (unpaired) electrons. The summed E-state index contributed by atoms with van der Waals surface area (Å²) >= 11 is 3.31. The molecule has 2 rings (SSSR count). The minimum atomic E-state index is -1.28. The summed E-state index contributed by atoms with van der Waals surface area (Å²) in [5.74, 6) is 0.678. The van der Waals surface area contributed by atoms with Gasteiger partial charge in [-0.15, -0.1) is 0 Å². The van der Waals surface area contributed by atoms with Gasteiger partial charge in [-0.25, -0.2) is 4.39 Å². The van der Waals surface area contributed by atoms with Crippen LogP contribution in [0.3, 0.4) is 0 Å². The van der Waals surface area contributed by atoms with Crippen molar-refractivity contribution in [3.63, 3.8) is 0 Å². The lowest BCUT2D eigenvalue weighted by atomic mass is 10.1. The summed E-state index contributed by atoms with van der Waals surface area (Å²) in [6, 6.07) is 7.31. The molecule has 1 aliphatic heterocycles. The van der Waals surface area contributed by atoms with E-state index in [1.165, 1.54) is 0 Å². The summed E-state index contributed by atoms with van der Waals surface area (Å²) in [6.07, 6.45) is 0. The lowest BCUT2D eigenvalue weighted by molar-refractivity contribution is -0.146. The molecule has 0 atom stereocenters. The summed E-state index contributed by atoms with van der Waals surface area (Å²) in [5, 5.41) is 0. The van der Waals surface area contributed by atoms with E-state index in [0.717, 1.165) is 4.47 Å². The van der Waals surface area contributed by atoms with Gasteiger partial charge in [0.25, 0.3) is 0 Å². The van der Waals surface area contributed by atoms with E-state index in [1.54, 1.807) is 12.1 Å². The highest BCUT2D eigenvalue weighted by Crippen LogP contribution is 2.24. The van der Waals surface area contributed by atoms with Gasteiger partial charge in [-0.3, -0.25) is 0 Å². The molecule has 2 nitrogen and oxygen atoms in total. The molecule has 1 heterocycles. The second kappa shape index (κ2) is 3.87. The summed E-state index contributed by atoms with van der Waals surface area (Å²) < 4.78 is 24.5. The molecule has 4 heteroatoms. The minimum absolute atomic E-state index is 0.0641. The van der Waals surface area contributed by atoms with Crippen molar-refractivity contribution in [2.45, 2.75) is 5.67 Å². The molecule has 0 aromatic heterocycles. The number of hydrogen-bond donors (Lipinski definition) is 0. The van der Waals surface area contributed by atoms with Crippen LogP contribution in [0.2, 0.25) is 0 Å². The van der Waals surface area contributed by atoms with Crippen molar-refractivity contribution in [1.29, 1.82) is 0 Å². The van der Waals surface area contributed by atoms with Crippen LogP contribution in [0, 0.1) is 0 Å². The van der Waals surface area contributed by atoms with Crippen molar-refractivity contribution in [3.8, 4) is 5.75 Å². The Labute approximate surface area is 90.1 Å². The van der Waals surface area contributed by atoms with Crippen LogP contribution in [0.15, 0.2) is 28.7 Å². The average molecular weight is 261 g/mol. The first kappa shape index (κ1) is 9.93. The van der Waals surface area contributed by atoms with Gasteiger partial charge in [-0.2, -0.15) is 0 Å². The number of hydrogen-bond acceptors (Lipinski definition) is 2. The molecular formula is C10H10BrFO2. The standard InChI is InChI=1S/C10H10BrFO2/c11-8-1-3-9(4-2-8)14-7-10(12)5-13-6-10/h1-4H,5-7H2. The Morgan fingerprint density at radius 3 is 2.50 bits per heavy atom. The summed E-state index contributed by atoms with van der Waals surface area (Å²) in [4.78, 5) is 0. The van der Waals surface area contributed by atoms with E-state index in [2.05, 4.69) is 15.9 Å². The van der Waals surface area contributed by atoms with Crippen LogP contribution in [-0.4, -0.2) is 25.5 Å². The number of alkyl halides is 1. The van der Waals surface area contributed by atoms with Gasteiger partial charge in [0.1, 0.15) is 12.4 Å². The molecule has 0 aliphatic carbocycles. The fourth-order valence-corrected chi connectivity index (χ4v) is 1.41. The SMILES string of the molecule is FC1(COc2ccc(Br)cc2)COC1. The van der Waals surface area contributed by atoms with Gasteiger partial charge in [-0.05, 0) is 24.3 Å². The van der Waals surface area contributed by atoms with Crippen LogP contribution >= 0.6 is 15.9 Å². The first-order valence-electron chi connectivity index (χ1n) is 4.33. The van der Waals surface area contributed by atoms with Gasteiger partial charge in [0, 0.05) is 4.47 Å². The molecule has 0 amide bonds. The molecule has 1 saturated heterocycles. The Morgan fingerprint density at radius 2 is 2.00 bits per heavy atom. The molecule has 0 N–H and O–H groups in total. The van der Waals surface area contributed by atoms with Crippen LogP contribution in [-0.2, 0) is 4.74 Å². The molecule has 1 aliphatic rings. The number of rotatable bonds is 3. The summed E-state index contributed by atoms with van der Waals surface area (Å²) in [5.41, 5.74) is -1.28. The zero-order chi connectivity index (χ0) is 10.0. The van der Waals surface area contributed by atoms with Crippen molar-refractivity contribution in [1.82, 2.24) is 0 Å². The van der Waals surface area contributed by atoms with Crippen LogP contribution in [0.5, 0.6) is 5.75 Å². The smallest absolute Gasteiger partial charge is 0.190 e. The molecule has 1 fully saturated rings. The molecule has 0 unspecified atom stereocenters. The van der Waals surface area contributed by atoms with E-state index in [0.29, 0.717) is 5.75 Å². The highest BCUT2D eigenvalue weighted by Gasteiger charge is 2.39. The molecule has 76 valence electrons. The van der Waals surface area contributed by atoms with E-state index < -0.39 is 5.67 Å². The fraction of sp³-hybridized carbons (Fsp3) is 0.400. The van der Waals surface area contributed by atoms with Gasteiger partial charge in [0.2, 0.25) is 0 Å². The number of ether oxygens (including phenoxy) is 2. The van der Waals surface area contributed by atoms with Gasteiger partial charge in [0.05, 0.1) is 13.2 Å². The third-order valence-corrected chi connectivity index (χ3v) is 2.56. The van der Waals surface area contributed by atoms with Gasteiger partial charge < -0.3 is 9.47 Å². The van der Waals surface area contributed by atoms with Crippen molar-refractivity contribution in [3.05, 3.63) is 28.7 Å². The number of benzene rings is 1. The quantitative estimate of drug-likeness (QED) is 0.832. The van der Waals surface area contributed by atoms with Crippen molar-refractivity contribution in [2.24, 2.45) is 0 Å². The van der Waals surface area contributed by atoms with E-state index in [-0.39, 0.29) is 19.8 Å². The maximum Gasteiger partial charge on any atom is 0.190 e. The third-order valence-electron chi connectivity index (χ3n) is 2.03. The van der Waals surface area contributed by atoms with Crippen LogP contribution in [0.4, 0.5) is 4.39 Å². The first-order valence-corrected chi connectivity index (χ1v) is 5.12. The Kier molecular flexibility index (Phi) is 2.74. The zero-order valence-electron chi connectivity index (χ0n) is 7.50. The van der Waals surface area contributed by atoms with Gasteiger partial charge >= 0.3 is 0 Å². The predicted octanol–water partition coefficient (Wildman–Crippen LogP) is 2.57. The normalized spacial score (nSPS) is 18.7. The van der Waals surface area contributed by atoms with Crippen molar-refractivity contribution in [2.75, 3.05) is 19.8 Å². The second-order valence-corrected chi connectivity index (χ2v) is 4.30. The number of halogens is 2. The lowest BCUT2D eigenvalue weighted by Gasteiger charge is -2.33.